The van der Waals surface area contributed by atoms with Crippen molar-refractivity contribution in [3.05, 3.63) is 65.7 Å². The Bertz CT molecular complexity index is 1360. The Kier molecular flexibility index (Phi) is 15.4. The van der Waals surface area contributed by atoms with E-state index in [1.807, 2.05) is 42.5 Å². The zero-order chi connectivity index (χ0) is 32.1. The maximum atomic E-state index is 12.0. The van der Waals surface area contributed by atoms with Crippen LogP contribution in [0.5, 0.6) is 5.75 Å². The van der Waals surface area contributed by atoms with E-state index in [0.29, 0.717) is 23.7 Å². The van der Waals surface area contributed by atoms with Gasteiger partial charge in [-0.1, -0.05) is 45.9 Å². The molecule has 1 amide bonds. The second-order valence-corrected chi connectivity index (χ2v) is 11.3. The highest BCUT2D eigenvalue weighted by molar-refractivity contribution is 6.01. The smallest absolute Gasteiger partial charge is 0.221 e. The lowest BCUT2D eigenvalue weighted by molar-refractivity contribution is -0.114. The molecule has 3 aromatic carbocycles. The van der Waals surface area contributed by atoms with Crippen molar-refractivity contribution in [3.63, 3.8) is 0 Å². The third-order valence-corrected chi connectivity index (χ3v) is 7.78. The van der Waals surface area contributed by atoms with Crippen molar-refractivity contribution >= 4 is 34.6 Å². The molecule has 0 saturated carbocycles. The van der Waals surface area contributed by atoms with E-state index in [-0.39, 0.29) is 19.3 Å². The number of amides is 1. The van der Waals surface area contributed by atoms with Gasteiger partial charge in [-0.2, -0.15) is 0 Å². The molecule has 1 saturated heterocycles. The number of aliphatic imine (C=N–C) groups is 1. The summed E-state index contributed by atoms with van der Waals surface area (Å²) in [6.45, 7) is 16.1. The summed E-state index contributed by atoms with van der Waals surface area (Å²) >= 11 is 0. The van der Waals surface area contributed by atoms with Gasteiger partial charge < -0.3 is 31.7 Å². The van der Waals surface area contributed by atoms with Crippen molar-refractivity contribution in [2.75, 3.05) is 62.7 Å². The third kappa shape index (κ3) is 11.7. The average molecular weight is 618 g/mol. The molecule has 9 heteroatoms. The highest BCUT2D eigenvalue weighted by Crippen LogP contribution is 2.39. The quantitative estimate of drug-likeness (QED) is 0.110. The highest BCUT2D eigenvalue weighted by atomic mass is 16.5. The number of likely N-dealkylation sites (tertiary alicyclic amines) is 1. The van der Waals surface area contributed by atoms with Crippen molar-refractivity contribution in [2.45, 2.75) is 61.3 Å². The molecule has 6 N–H and O–H groups in total. The summed E-state index contributed by atoms with van der Waals surface area (Å²) in [6.07, 6.45) is 3.88. The molecule has 246 valence electrons. The number of piperidine rings is 1. The number of benzene rings is 3. The van der Waals surface area contributed by atoms with Gasteiger partial charge in [0.25, 0.3) is 0 Å². The first-order valence-corrected chi connectivity index (χ1v) is 15.6. The fourth-order valence-electron chi connectivity index (χ4n) is 5.11. The van der Waals surface area contributed by atoms with Gasteiger partial charge in [-0.05, 0) is 119 Å². The van der Waals surface area contributed by atoms with Crippen molar-refractivity contribution < 1.29 is 9.53 Å². The number of carbonyl (C=O) groups excluding carboxylic acids is 1. The molecule has 0 unspecified atom stereocenters. The van der Waals surface area contributed by atoms with Gasteiger partial charge in [0.05, 0.1) is 11.4 Å². The van der Waals surface area contributed by atoms with Crippen molar-refractivity contribution in [1.29, 1.82) is 0 Å². The number of aryl methyl sites for hydroxylation is 2. The van der Waals surface area contributed by atoms with E-state index in [2.05, 4.69) is 72.3 Å². The van der Waals surface area contributed by atoms with Crippen molar-refractivity contribution in [3.8, 4) is 16.9 Å². The van der Waals surface area contributed by atoms with Gasteiger partial charge in [0.1, 0.15) is 18.0 Å². The Morgan fingerprint density at radius 3 is 2.16 bits per heavy atom. The van der Waals surface area contributed by atoms with E-state index in [9.17, 15) is 4.79 Å². The Morgan fingerprint density at radius 1 is 0.978 bits per heavy atom. The Hall–Kier alpha value is -4.08. The molecule has 0 bridgehead atoms. The van der Waals surface area contributed by atoms with Gasteiger partial charge in [-0.15, -0.1) is 0 Å². The maximum Gasteiger partial charge on any atom is 0.221 e. The molecule has 1 fully saturated rings. The molecule has 0 aromatic heterocycles. The van der Waals surface area contributed by atoms with E-state index in [1.54, 1.807) is 0 Å². The molecule has 45 heavy (non-hydrogen) atoms. The number of nitrogen functional groups attached to an aromatic ring is 1. The van der Waals surface area contributed by atoms with E-state index in [4.69, 9.17) is 16.2 Å². The molecule has 0 radical (unpaired) electrons. The van der Waals surface area contributed by atoms with E-state index >= 15 is 0 Å². The first kappa shape index (κ1) is 37.1. The standard InChI is InChI=1S/C30H38N6O2.C5H13N.CH4/c1-20-8-7-9-21(2)28(20)23-18-26(31)29(27(19-23)33-22(3)37)35-30(32)34-24-10-12-25(13-11-24)38-17-16-36-14-5-4-6-15-36;1-4-6(3)5-2;/h7-13,18-19H,4-6,14-17,31H2,1-3H3,(H,33,37)(H3,32,34,35);4-5H2,1-3H3;1H4. The summed E-state index contributed by atoms with van der Waals surface area (Å²) < 4.78 is 5.91. The number of guanidine groups is 1. The SMILES string of the molecule is C.CC(=O)Nc1cc(-c2c(C)cccc2C)cc(N)c1N=C(N)Nc1ccc(OCCN2CCCCC2)cc1.CCN(C)CC. The van der Waals surface area contributed by atoms with Gasteiger partial charge in [0.15, 0.2) is 5.96 Å². The maximum absolute atomic E-state index is 12.0. The largest absolute Gasteiger partial charge is 0.492 e. The van der Waals surface area contributed by atoms with Crippen LogP contribution in [-0.4, -0.2) is 68.0 Å². The van der Waals surface area contributed by atoms with Crippen LogP contribution in [0.4, 0.5) is 22.7 Å². The van der Waals surface area contributed by atoms with Crippen LogP contribution in [0.25, 0.3) is 11.1 Å². The van der Waals surface area contributed by atoms with Gasteiger partial charge in [0, 0.05) is 19.2 Å². The van der Waals surface area contributed by atoms with E-state index < -0.39 is 0 Å². The predicted molar refractivity (Wildman–Crippen MR) is 193 cm³/mol. The van der Waals surface area contributed by atoms with Crippen LogP contribution in [0.15, 0.2) is 59.6 Å². The monoisotopic (exact) mass is 617 g/mol. The zero-order valence-corrected chi connectivity index (χ0v) is 27.4. The van der Waals surface area contributed by atoms with Crippen LogP contribution < -0.4 is 26.8 Å². The summed E-state index contributed by atoms with van der Waals surface area (Å²) in [5, 5.41) is 5.95. The van der Waals surface area contributed by atoms with Crippen molar-refractivity contribution in [2.24, 2.45) is 10.7 Å². The van der Waals surface area contributed by atoms with Crippen LogP contribution in [0, 0.1) is 13.8 Å². The lowest BCUT2D eigenvalue weighted by Crippen LogP contribution is -2.33. The van der Waals surface area contributed by atoms with Gasteiger partial charge >= 0.3 is 0 Å². The summed E-state index contributed by atoms with van der Waals surface area (Å²) in [5.41, 5.74) is 19.0. The summed E-state index contributed by atoms with van der Waals surface area (Å²) in [4.78, 5) is 21.2. The first-order valence-electron chi connectivity index (χ1n) is 15.6. The number of nitrogens with two attached hydrogens (primary N) is 2. The molecular weight excluding hydrogens is 562 g/mol. The number of carbonyl (C=O) groups is 1. The lowest BCUT2D eigenvalue weighted by atomic mass is 9.94. The molecule has 0 spiro atoms. The number of nitrogens with one attached hydrogen (secondary N) is 2. The van der Waals surface area contributed by atoms with Gasteiger partial charge in [-0.25, -0.2) is 4.99 Å². The first-order chi connectivity index (χ1) is 21.1. The number of hydrogen-bond donors (Lipinski definition) is 4. The summed E-state index contributed by atoms with van der Waals surface area (Å²) in [7, 11) is 2.11. The Morgan fingerprint density at radius 2 is 1.60 bits per heavy atom. The fourth-order valence-corrected chi connectivity index (χ4v) is 5.11. The topological polar surface area (TPSA) is 121 Å². The number of rotatable bonds is 10. The fraction of sp³-hybridized carbons (Fsp3) is 0.444. The lowest BCUT2D eigenvalue weighted by Gasteiger charge is -2.26. The molecular formula is C36H55N7O2. The minimum absolute atomic E-state index is 0. The Balaban J connectivity index is 0.000000918. The summed E-state index contributed by atoms with van der Waals surface area (Å²) in [5.74, 6) is 0.742. The van der Waals surface area contributed by atoms with Crippen molar-refractivity contribution in [1.82, 2.24) is 9.80 Å². The number of nitrogens with zero attached hydrogens (tertiary/aromatic N) is 3. The molecule has 1 aliphatic heterocycles. The van der Waals surface area contributed by atoms with Crippen LogP contribution in [0.2, 0.25) is 0 Å². The van der Waals surface area contributed by atoms with Crippen LogP contribution in [0.1, 0.15) is 58.6 Å². The number of hydrogen-bond acceptors (Lipinski definition) is 6. The molecule has 3 aromatic rings. The highest BCUT2D eigenvalue weighted by Gasteiger charge is 2.15. The van der Waals surface area contributed by atoms with Gasteiger partial charge in [0.2, 0.25) is 5.91 Å². The second-order valence-electron chi connectivity index (χ2n) is 11.3. The van der Waals surface area contributed by atoms with Crippen LogP contribution in [0.3, 0.4) is 0 Å². The molecule has 4 rings (SSSR count). The normalized spacial score (nSPS) is 13.4. The predicted octanol–water partition coefficient (Wildman–Crippen LogP) is 7.03. The zero-order valence-electron chi connectivity index (χ0n) is 27.4. The number of ether oxygens (including phenoxy) is 1. The molecule has 1 heterocycles. The number of anilines is 3. The Labute approximate surface area is 271 Å². The van der Waals surface area contributed by atoms with E-state index in [1.165, 1.54) is 26.2 Å². The minimum Gasteiger partial charge on any atom is -0.492 e. The molecule has 0 atom stereocenters. The average Bonchev–Trinajstić information content (AvgIpc) is 3.00. The molecule has 9 nitrogen and oxygen atoms in total. The van der Waals surface area contributed by atoms with Gasteiger partial charge in [-0.3, -0.25) is 9.69 Å². The van der Waals surface area contributed by atoms with Crippen LogP contribution in [-0.2, 0) is 4.79 Å². The van der Waals surface area contributed by atoms with E-state index in [0.717, 1.165) is 66.4 Å². The van der Waals surface area contributed by atoms with Crippen LogP contribution >= 0.6 is 0 Å². The molecule has 1 aliphatic rings. The second kappa shape index (κ2) is 18.7. The molecule has 0 aliphatic carbocycles. The third-order valence-electron chi connectivity index (χ3n) is 7.78. The summed E-state index contributed by atoms with van der Waals surface area (Å²) in [6, 6.07) is 17.5. The minimum atomic E-state index is -0.220.